The number of carbonyl (C=O) groups excluding carboxylic acids is 1. The molecule has 1 atom stereocenters. The summed E-state index contributed by atoms with van der Waals surface area (Å²) in [5, 5.41) is 3.90. The quantitative estimate of drug-likeness (QED) is 0.606. The maximum absolute atomic E-state index is 13.8. The predicted octanol–water partition coefficient (Wildman–Crippen LogP) is 3.56. The molecule has 0 radical (unpaired) electrons. The van der Waals surface area contributed by atoms with E-state index >= 15 is 0 Å². The molecular weight excluding hydrogens is 381 g/mol. The Morgan fingerprint density at radius 2 is 2.17 bits per heavy atom. The van der Waals surface area contributed by atoms with Gasteiger partial charge in [-0.05, 0) is 43.5 Å². The van der Waals surface area contributed by atoms with Crippen molar-refractivity contribution < 1.29 is 9.18 Å². The zero-order valence-electron chi connectivity index (χ0n) is 17.4. The van der Waals surface area contributed by atoms with Crippen molar-refractivity contribution in [3.63, 3.8) is 0 Å². The summed E-state index contributed by atoms with van der Waals surface area (Å²) in [6.07, 6.45) is 9.15. The second-order valence-electron chi connectivity index (χ2n) is 7.81. The van der Waals surface area contributed by atoms with Gasteiger partial charge in [0.2, 0.25) is 5.91 Å². The molecule has 0 bridgehead atoms. The second kappa shape index (κ2) is 9.24. The highest BCUT2D eigenvalue weighted by molar-refractivity contribution is 5.92. The van der Waals surface area contributed by atoms with Gasteiger partial charge in [-0.15, -0.1) is 0 Å². The summed E-state index contributed by atoms with van der Waals surface area (Å²) in [5.74, 6) is 0.845. The van der Waals surface area contributed by atoms with Crippen LogP contribution in [0.5, 0.6) is 0 Å². The molecule has 3 heterocycles. The van der Waals surface area contributed by atoms with E-state index in [2.05, 4.69) is 31.7 Å². The first-order chi connectivity index (χ1) is 14.7. The molecule has 3 aromatic rings. The molecule has 1 amide bonds. The third-order valence-corrected chi connectivity index (χ3v) is 5.81. The fourth-order valence-electron chi connectivity index (χ4n) is 4.25. The fraction of sp³-hybridized carbons (Fsp3) is 0.435. The van der Waals surface area contributed by atoms with E-state index in [1.807, 2.05) is 18.5 Å². The van der Waals surface area contributed by atoms with Gasteiger partial charge in [-0.2, -0.15) is 0 Å². The Hall–Kier alpha value is -2.96. The summed E-state index contributed by atoms with van der Waals surface area (Å²) in [6, 6.07) is 6.58. The number of aryl methyl sites for hydroxylation is 2. The Morgan fingerprint density at radius 3 is 3.03 bits per heavy atom. The van der Waals surface area contributed by atoms with E-state index in [9.17, 15) is 9.18 Å². The van der Waals surface area contributed by atoms with Gasteiger partial charge in [0.25, 0.3) is 0 Å². The van der Waals surface area contributed by atoms with Crippen molar-refractivity contribution in [3.05, 3.63) is 54.5 Å². The average Bonchev–Trinajstić information content (AvgIpc) is 3.23. The molecule has 4 rings (SSSR count). The molecule has 1 aliphatic rings. The molecule has 1 fully saturated rings. The number of fused-ring (bicyclic) bond motifs is 1. The first-order valence-corrected chi connectivity index (χ1v) is 10.7. The lowest BCUT2D eigenvalue weighted by molar-refractivity contribution is -0.125. The fourth-order valence-corrected chi connectivity index (χ4v) is 4.25. The molecule has 0 saturated carbocycles. The maximum atomic E-state index is 13.8. The molecular formula is C23H28FN5O. The van der Waals surface area contributed by atoms with E-state index in [-0.39, 0.29) is 17.6 Å². The highest BCUT2D eigenvalue weighted by Crippen LogP contribution is 2.30. The van der Waals surface area contributed by atoms with E-state index in [0.717, 1.165) is 61.2 Å². The van der Waals surface area contributed by atoms with Crippen LogP contribution in [-0.2, 0) is 17.8 Å². The van der Waals surface area contributed by atoms with Crippen molar-refractivity contribution in [1.29, 1.82) is 0 Å². The number of piperidine rings is 1. The van der Waals surface area contributed by atoms with E-state index in [1.165, 1.54) is 12.1 Å². The number of rotatable bonds is 7. The topological polar surface area (TPSA) is 63.1 Å². The minimum atomic E-state index is -0.271. The maximum Gasteiger partial charge on any atom is 0.224 e. The molecule has 1 aromatic carbocycles. The third kappa shape index (κ3) is 4.45. The Labute approximate surface area is 176 Å². The van der Waals surface area contributed by atoms with Gasteiger partial charge < -0.3 is 14.8 Å². The van der Waals surface area contributed by atoms with Crippen LogP contribution < -0.4 is 10.2 Å². The van der Waals surface area contributed by atoms with Crippen molar-refractivity contribution in [1.82, 2.24) is 19.9 Å². The van der Waals surface area contributed by atoms with Crippen LogP contribution in [0.2, 0.25) is 0 Å². The van der Waals surface area contributed by atoms with Crippen LogP contribution in [0.4, 0.5) is 10.1 Å². The molecule has 1 unspecified atom stereocenters. The number of imidazole rings is 1. The lowest BCUT2D eigenvalue weighted by Gasteiger charge is -2.34. The van der Waals surface area contributed by atoms with Crippen LogP contribution in [-0.4, -0.2) is 40.1 Å². The number of carbonyl (C=O) groups is 1. The first kappa shape index (κ1) is 20.3. The van der Waals surface area contributed by atoms with Crippen LogP contribution in [0.15, 0.2) is 42.9 Å². The van der Waals surface area contributed by atoms with Crippen LogP contribution in [0.3, 0.4) is 0 Å². The van der Waals surface area contributed by atoms with Crippen LogP contribution >= 0.6 is 0 Å². The van der Waals surface area contributed by atoms with Gasteiger partial charge in [-0.1, -0.05) is 6.92 Å². The summed E-state index contributed by atoms with van der Waals surface area (Å²) >= 11 is 0. The Balaban J connectivity index is 1.35. The molecule has 30 heavy (non-hydrogen) atoms. The number of pyridine rings is 1. The Kier molecular flexibility index (Phi) is 6.26. The number of hydrogen-bond acceptors (Lipinski definition) is 4. The third-order valence-electron chi connectivity index (χ3n) is 5.81. The molecule has 6 nitrogen and oxygen atoms in total. The minimum absolute atomic E-state index is 0.0602. The largest absolute Gasteiger partial charge is 0.370 e. The summed E-state index contributed by atoms with van der Waals surface area (Å²) in [5.41, 5.74) is 1.72. The lowest BCUT2D eigenvalue weighted by atomic mass is 9.96. The number of hydrogen-bond donors (Lipinski definition) is 1. The average molecular weight is 410 g/mol. The standard InChI is InChI=1S/C23H28FN5O/c1-2-22-26-11-14-28(22)13-4-9-27-23(30)17-5-3-12-29(16-17)21-8-10-25-20-7-6-18(24)15-19(20)21/h6-8,10-11,14-15,17H,2-5,9,12-13,16H2,1H3,(H,27,30). The molecule has 0 spiro atoms. The molecule has 0 aliphatic carbocycles. The normalized spacial score (nSPS) is 16.7. The van der Waals surface area contributed by atoms with E-state index in [1.54, 1.807) is 12.3 Å². The van der Waals surface area contributed by atoms with Crippen LogP contribution in [0.1, 0.15) is 32.0 Å². The number of aromatic nitrogens is 3. The van der Waals surface area contributed by atoms with Gasteiger partial charge in [0.05, 0.1) is 11.4 Å². The highest BCUT2D eigenvalue weighted by atomic mass is 19.1. The predicted molar refractivity (Wildman–Crippen MR) is 116 cm³/mol. The van der Waals surface area contributed by atoms with Crippen molar-refractivity contribution in [2.75, 3.05) is 24.5 Å². The molecule has 1 aliphatic heterocycles. The zero-order chi connectivity index (χ0) is 20.9. The van der Waals surface area contributed by atoms with Crippen LogP contribution in [0.25, 0.3) is 10.9 Å². The zero-order valence-corrected chi connectivity index (χ0v) is 17.4. The lowest BCUT2D eigenvalue weighted by Crippen LogP contribution is -2.43. The van der Waals surface area contributed by atoms with Gasteiger partial charge in [-0.25, -0.2) is 9.37 Å². The molecule has 158 valence electrons. The van der Waals surface area contributed by atoms with Gasteiger partial charge in [0.15, 0.2) is 0 Å². The number of nitrogens with one attached hydrogen (secondary N) is 1. The monoisotopic (exact) mass is 409 g/mol. The van der Waals surface area contributed by atoms with Gasteiger partial charge in [0, 0.05) is 62.3 Å². The SMILES string of the molecule is CCc1nccn1CCCNC(=O)C1CCCN(c2ccnc3ccc(F)cc23)C1. The van der Waals surface area contributed by atoms with Gasteiger partial charge >= 0.3 is 0 Å². The smallest absolute Gasteiger partial charge is 0.224 e. The second-order valence-corrected chi connectivity index (χ2v) is 7.81. The van der Waals surface area contributed by atoms with Crippen molar-refractivity contribution >= 4 is 22.5 Å². The van der Waals surface area contributed by atoms with E-state index in [4.69, 9.17) is 0 Å². The van der Waals surface area contributed by atoms with Crippen molar-refractivity contribution in [2.45, 2.75) is 39.2 Å². The Morgan fingerprint density at radius 1 is 1.27 bits per heavy atom. The number of benzene rings is 1. The molecule has 2 aromatic heterocycles. The number of nitrogens with zero attached hydrogens (tertiary/aromatic N) is 4. The number of anilines is 1. The van der Waals surface area contributed by atoms with Crippen molar-refractivity contribution in [2.24, 2.45) is 5.92 Å². The number of halogens is 1. The van der Waals surface area contributed by atoms with Crippen molar-refractivity contribution in [3.8, 4) is 0 Å². The van der Waals surface area contributed by atoms with E-state index < -0.39 is 0 Å². The summed E-state index contributed by atoms with van der Waals surface area (Å²) in [6.45, 7) is 5.10. The molecule has 1 saturated heterocycles. The highest BCUT2D eigenvalue weighted by Gasteiger charge is 2.26. The first-order valence-electron chi connectivity index (χ1n) is 10.7. The van der Waals surface area contributed by atoms with Gasteiger partial charge in [0.1, 0.15) is 11.6 Å². The van der Waals surface area contributed by atoms with E-state index in [0.29, 0.717) is 13.1 Å². The minimum Gasteiger partial charge on any atom is -0.370 e. The summed E-state index contributed by atoms with van der Waals surface area (Å²) in [4.78, 5) is 23.6. The van der Waals surface area contributed by atoms with Gasteiger partial charge in [-0.3, -0.25) is 9.78 Å². The molecule has 1 N–H and O–H groups in total. The summed E-state index contributed by atoms with van der Waals surface area (Å²) < 4.78 is 15.9. The summed E-state index contributed by atoms with van der Waals surface area (Å²) in [7, 11) is 0. The Bertz CT molecular complexity index is 1020. The molecule has 7 heteroatoms. The van der Waals surface area contributed by atoms with Crippen LogP contribution in [0, 0.1) is 11.7 Å². The number of amides is 1.